The molecule has 110 valence electrons. The molecule has 2 rings (SSSR count). The maximum absolute atomic E-state index is 12.6. The van der Waals surface area contributed by atoms with E-state index in [0.717, 1.165) is 27.3 Å². The number of rotatable bonds is 4. The van der Waals surface area contributed by atoms with Crippen molar-refractivity contribution >= 4 is 23.4 Å². The Labute approximate surface area is 131 Å². The first-order chi connectivity index (χ1) is 9.97. The van der Waals surface area contributed by atoms with Gasteiger partial charge in [0.1, 0.15) is 0 Å². The number of thioether (sulfide) groups is 1. The number of carbonyl (C=O) groups is 1. The summed E-state index contributed by atoms with van der Waals surface area (Å²) < 4.78 is 0. The lowest BCUT2D eigenvalue weighted by Gasteiger charge is -2.13. The highest BCUT2D eigenvalue weighted by Gasteiger charge is 2.13. The molecule has 1 N–H and O–H groups in total. The maximum atomic E-state index is 12.6. The predicted molar refractivity (Wildman–Crippen MR) is 91.3 cm³/mol. The van der Waals surface area contributed by atoms with Crippen molar-refractivity contribution in [2.75, 3.05) is 5.32 Å². The normalized spacial score (nSPS) is 10.7. The van der Waals surface area contributed by atoms with Gasteiger partial charge in [-0.25, -0.2) is 0 Å². The zero-order valence-corrected chi connectivity index (χ0v) is 13.8. The Balaban J connectivity index is 2.26. The lowest BCUT2D eigenvalue weighted by molar-refractivity contribution is 0.102. The molecular weight excluding hydrogens is 278 g/mol. The van der Waals surface area contributed by atoms with Gasteiger partial charge in [-0.15, -0.1) is 11.8 Å². The lowest BCUT2D eigenvalue weighted by Crippen LogP contribution is -2.14. The second-order valence-corrected chi connectivity index (χ2v) is 7.05. The quantitative estimate of drug-likeness (QED) is 0.800. The van der Waals surface area contributed by atoms with Gasteiger partial charge < -0.3 is 5.32 Å². The van der Waals surface area contributed by atoms with Crippen LogP contribution >= 0.6 is 11.8 Å². The minimum Gasteiger partial charge on any atom is -0.322 e. The molecule has 0 heterocycles. The average Bonchev–Trinajstić information content (AvgIpc) is 2.42. The first kappa shape index (κ1) is 15.6. The van der Waals surface area contributed by atoms with Gasteiger partial charge in [-0.3, -0.25) is 4.79 Å². The highest BCUT2D eigenvalue weighted by molar-refractivity contribution is 8.00. The fourth-order valence-corrected chi connectivity index (χ4v) is 3.02. The second-order valence-electron chi connectivity index (χ2n) is 5.44. The molecule has 2 aromatic carbocycles. The van der Waals surface area contributed by atoms with Crippen molar-refractivity contribution in [3.05, 3.63) is 59.2 Å². The Morgan fingerprint density at radius 2 is 1.81 bits per heavy atom. The maximum Gasteiger partial charge on any atom is 0.256 e. The molecule has 0 bridgehead atoms. The number of hydrogen-bond donors (Lipinski definition) is 1. The zero-order valence-electron chi connectivity index (χ0n) is 12.9. The first-order valence-corrected chi connectivity index (χ1v) is 7.99. The van der Waals surface area contributed by atoms with E-state index in [4.69, 9.17) is 0 Å². The average molecular weight is 299 g/mol. The van der Waals surface area contributed by atoms with E-state index in [1.54, 1.807) is 11.8 Å². The third kappa shape index (κ3) is 4.11. The molecule has 2 nitrogen and oxygen atoms in total. The van der Waals surface area contributed by atoms with E-state index in [9.17, 15) is 4.79 Å². The number of aryl methyl sites for hydroxylation is 2. The highest BCUT2D eigenvalue weighted by Crippen LogP contribution is 2.27. The number of benzene rings is 2. The molecule has 2 aromatic rings. The summed E-state index contributed by atoms with van der Waals surface area (Å²) in [6.45, 7) is 8.29. The Hall–Kier alpha value is -1.74. The van der Waals surface area contributed by atoms with Gasteiger partial charge in [0.05, 0.1) is 5.56 Å². The molecule has 0 saturated heterocycles. The van der Waals surface area contributed by atoms with Gasteiger partial charge in [0.25, 0.3) is 5.91 Å². The number of carbonyl (C=O) groups excluding carboxylic acids is 1. The van der Waals surface area contributed by atoms with Crippen LogP contribution in [-0.4, -0.2) is 11.2 Å². The van der Waals surface area contributed by atoms with Crippen molar-refractivity contribution in [2.45, 2.75) is 37.8 Å². The van der Waals surface area contributed by atoms with Crippen molar-refractivity contribution in [3.8, 4) is 0 Å². The summed E-state index contributed by atoms with van der Waals surface area (Å²) in [5.74, 6) is -0.0487. The summed E-state index contributed by atoms with van der Waals surface area (Å²) in [6.07, 6.45) is 0. The summed E-state index contributed by atoms with van der Waals surface area (Å²) in [5, 5.41) is 3.47. The largest absolute Gasteiger partial charge is 0.322 e. The molecule has 0 unspecified atom stereocenters. The van der Waals surface area contributed by atoms with Crippen LogP contribution in [0.1, 0.15) is 35.3 Å². The fourth-order valence-electron chi connectivity index (χ4n) is 2.07. The molecule has 1 amide bonds. The second kappa shape index (κ2) is 6.81. The molecule has 0 aromatic heterocycles. The molecule has 0 aliphatic heterocycles. The number of amides is 1. The van der Waals surface area contributed by atoms with Crippen molar-refractivity contribution in [1.29, 1.82) is 0 Å². The number of nitrogens with one attached hydrogen (secondary N) is 1. The predicted octanol–water partition coefficient (Wildman–Crippen LogP) is 5.06. The van der Waals surface area contributed by atoms with Crippen molar-refractivity contribution in [3.63, 3.8) is 0 Å². The fraction of sp³-hybridized carbons (Fsp3) is 0.278. The molecule has 0 saturated carbocycles. The van der Waals surface area contributed by atoms with Crippen LogP contribution < -0.4 is 5.32 Å². The Bertz CT molecular complexity index is 649. The Morgan fingerprint density at radius 1 is 1.10 bits per heavy atom. The molecule has 3 heteroatoms. The van der Waals surface area contributed by atoms with E-state index in [2.05, 4.69) is 19.2 Å². The third-order valence-corrected chi connectivity index (χ3v) is 4.22. The SMILES string of the molecule is Cc1ccc(C)c(NC(=O)c2ccccc2SC(C)C)c1. The van der Waals surface area contributed by atoms with Crippen LogP contribution in [0.5, 0.6) is 0 Å². The van der Waals surface area contributed by atoms with Crippen molar-refractivity contribution in [1.82, 2.24) is 0 Å². The van der Waals surface area contributed by atoms with Gasteiger partial charge in [0.2, 0.25) is 0 Å². The van der Waals surface area contributed by atoms with E-state index in [1.165, 1.54) is 0 Å². The van der Waals surface area contributed by atoms with Crippen LogP contribution in [0.25, 0.3) is 0 Å². The van der Waals surface area contributed by atoms with Crippen LogP contribution in [0.3, 0.4) is 0 Å². The standard InChI is InChI=1S/C18H21NOS/c1-12(2)21-17-8-6-5-7-15(17)18(20)19-16-11-13(3)9-10-14(16)4/h5-12H,1-4H3,(H,19,20). The summed E-state index contributed by atoms with van der Waals surface area (Å²) in [4.78, 5) is 13.6. The number of anilines is 1. The van der Waals surface area contributed by atoms with Crippen LogP contribution in [0.2, 0.25) is 0 Å². The van der Waals surface area contributed by atoms with Gasteiger partial charge in [-0.05, 0) is 43.2 Å². The zero-order chi connectivity index (χ0) is 15.4. The summed E-state index contributed by atoms with van der Waals surface area (Å²) >= 11 is 1.71. The Morgan fingerprint density at radius 3 is 2.52 bits per heavy atom. The van der Waals surface area contributed by atoms with E-state index >= 15 is 0 Å². The van der Waals surface area contributed by atoms with Gasteiger partial charge >= 0.3 is 0 Å². The smallest absolute Gasteiger partial charge is 0.256 e. The van der Waals surface area contributed by atoms with Gasteiger partial charge in [-0.2, -0.15) is 0 Å². The molecule has 0 spiro atoms. The molecule has 0 atom stereocenters. The summed E-state index contributed by atoms with van der Waals surface area (Å²) in [5.41, 5.74) is 3.82. The van der Waals surface area contributed by atoms with Crippen LogP contribution in [0.4, 0.5) is 5.69 Å². The minimum absolute atomic E-state index is 0.0487. The van der Waals surface area contributed by atoms with Crippen LogP contribution in [-0.2, 0) is 0 Å². The van der Waals surface area contributed by atoms with E-state index in [1.807, 2.05) is 56.3 Å². The van der Waals surface area contributed by atoms with E-state index < -0.39 is 0 Å². The molecule has 0 aliphatic rings. The summed E-state index contributed by atoms with van der Waals surface area (Å²) in [7, 11) is 0. The van der Waals surface area contributed by atoms with Gasteiger partial charge in [0, 0.05) is 15.8 Å². The first-order valence-electron chi connectivity index (χ1n) is 7.11. The van der Waals surface area contributed by atoms with Crippen molar-refractivity contribution < 1.29 is 4.79 Å². The Kier molecular flexibility index (Phi) is 5.07. The number of hydrogen-bond acceptors (Lipinski definition) is 2. The summed E-state index contributed by atoms with van der Waals surface area (Å²) in [6, 6.07) is 13.8. The molecule has 21 heavy (non-hydrogen) atoms. The molecule has 0 radical (unpaired) electrons. The topological polar surface area (TPSA) is 29.1 Å². The third-order valence-electron chi connectivity index (χ3n) is 3.14. The van der Waals surface area contributed by atoms with E-state index in [0.29, 0.717) is 5.25 Å². The minimum atomic E-state index is -0.0487. The monoisotopic (exact) mass is 299 g/mol. The van der Waals surface area contributed by atoms with Crippen LogP contribution in [0, 0.1) is 13.8 Å². The molecule has 0 aliphatic carbocycles. The van der Waals surface area contributed by atoms with Crippen molar-refractivity contribution in [2.24, 2.45) is 0 Å². The lowest BCUT2D eigenvalue weighted by atomic mass is 10.1. The van der Waals surface area contributed by atoms with E-state index in [-0.39, 0.29) is 5.91 Å². The highest BCUT2D eigenvalue weighted by atomic mass is 32.2. The van der Waals surface area contributed by atoms with Crippen LogP contribution in [0.15, 0.2) is 47.4 Å². The van der Waals surface area contributed by atoms with Gasteiger partial charge in [-0.1, -0.05) is 38.1 Å². The van der Waals surface area contributed by atoms with Gasteiger partial charge in [0.15, 0.2) is 0 Å². The molecule has 0 fully saturated rings. The molecular formula is C18H21NOS.